The number of benzene rings is 2. The molecular formula is C41H62O5. The fraction of sp³-hybridized carbons (Fsp3) is 0.659. The molecule has 1 unspecified atom stereocenters. The fourth-order valence-corrected chi connectivity index (χ4v) is 6.20. The Morgan fingerprint density at radius 2 is 1.24 bits per heavy atom. The van der Waals surface area contributed by atoms with E-state index in [0.29, 0.717) is 17.9 Å². The van der Waals surface area contributed by atoms with Gasteiger partial charge in [-0.15, -0.1) is 0 Å². The van der Waals surface area contributed by atoms with E-state index in [0.717, 1.165) is 29.5 Å². The summed E-state index contributed by atoms with van der Waals surface area (Å²) in [6.45, 7) is 15.2. The Kier molecular flexibility index (Phi) is 15.1. The van der Waals surface area contributed by atoms with Gasteiger partial charge in [0.05, 0.1) is 0 Å². The molecule has 0 saturated carbocycles. The molecule has 0 N–H and O–H groups in total. The topological polar surface area (TPSA) is 61.8 Å². The SMILES string of the molecule is CCCCCCCCCCCCCCCCCC(=O)OCOc1ccc(C2C(=O)Oc3c2cc(C(C)(C)C)cc3C(C)(C)C)cc1. The molecule has 1 atom stereocenters. The zero-order chi connectivity index (χ0) is 33.6. The van der Waals surface area contributed by atoms with Crippen LogP contribution >= 0.6 is 0 Å². The Morgan fingerprint density at radius 3 is 1.74 bits per heavy atom. The molecule has 1 aliphatic heterocycles. The first-order chi connectivity index (χ1) is 21.9. The summed E-state index contributed by atoms with van der Waals surface area (Å²) in [7, 11) is 0. The summed E-state index contributed by atoms with van der Waals surface area (Å²) in [6, 6.07) is 11.8. The van der Waals surface area contributed by atoms with E-state index >= 15 is 0 Å². The number of unbranched alkanes of at least 4 members (excludes halogenated alkanes) is 14. The molecule has 5 nitrogen and oxygen atoms in total. The molecule has 3 rings (SSSR count). The van der Waals surface area contributed by atoms with Crippen LogP contribution < -0.4 is 9.47 Å². The van der Waals surface area contributed by atoms with E-state index in [4.69, 9.17) is 14.2 Å². The predicted octanol–water partition coefficient (Wildman–Crippen LogP) is 11.5. The third-order valence-electron chi connectivity index (χ3n) is 9.18. The van der Waals surface area contributed by atoms with Crippen LogP contribution in [0.3, 0.4) is 0 Å². The van der Waals surface area contributed by atoms with Gasteiger partial charge >= 0.3 is 11.9 Å². The summed E-state index contributed by atoms with van der Waals surface area (Å²) >= 11 is 0. The van der Waals surface area contributed by atoms with E-state index in [1.54, 1.807) is 0 Å². The first kappa shape index (κ1) is 37.6. The minimum Gasteiger partial charge on any atom is -0.457 e. The molecule has 1 heterocycles. The van der Waals surface area contributed by atoms with Gasteiger partial charge in [-0.25, -0.2) is 0 Å². The van der Waals surface area contributed by atoms with Crippen LogP contribution in [0.5, 0.6) is 11.5 Å². The van der Waals surface area contributed by atoms with Crippen molar-refractivity contribution in [2.45, 2.75) is 168 Å². The molecule has 0 aromatic heterocycles. The molecule has 0 radical (unpaired) electrons. The van der Waals surface area contributed by atoms with Gasteiger partial charge in [0.2, 0.25) is 6.79 Å². The van der Waals surface area contributed by atoms with Gasteiger partial charge in [0.25, 0.3) is 0 Å². The van der Waals surface area contributed by atoms with Crippen LogP contribution in [0.1, 0.15) is 179 Å². The lowest BCUT2D eigenvalue weighted by atomic mass is 9.77. The van der Waals surface area contributed by atoms with Gasteiger partial charge in [-0.05, 0) is 40.5 Å². The van der Waals surface area contributed by atoms with Crippen LogP contribution in [-0.2, 0) is 25.2 Å². The number of carbonyl (C=O) groups is 2. The summed E-state index contributed by atoms with van der Waals surface area (Å²) in [5.41, 5.74) is 3.78. The molecule has 0 bridgehead atoms. The second-order valence-corrected chi connectivity index (χ2v) is 15.3. The molecule has 2 aromatic carbocycles. The number of rotatable bonds is 20. The van der Waals surface area contributed by atoms with Crippen LogP contribution in [0.15, 0.2) is 36.4 Å². The molecule has 5 heteroatoms. The smallest absolute Gasteiger partial charge is 0.323 e. The van der Waals surface area contributed by atoms with Crippen molar-refractivity contribution < 1.29 is 23.8 Å². The van der Waals surface area contributed by atoms with Gasteiger partial charge in [0.1, 0.15) is 17.4 Å². The largest absolute Gasteiger partial charge is 0.457 e. The van der Waals surface area contributed by atoms with Crippen molar-refractivity contribution in [3.8, 4) is 11.5 Å². The Bertz CT molecular complexity index is 1220. The summed E-state index contributed by atoms with van der Waals surface area (Å²) in [5, 5.41) is 0. The lowest BCUT2D eigenvalue weighted by Gasteiger charge is -2.27. The highest BCUT2D eigenvalue weighted by molar-refractivity contribution is 5.90. The average Bonchev–Trinajstić information content (AvgIpc) is 3.33. The molecule has 1 aliphatic rings. The van der Waals surface area contributed by atoms with E-state index in [2.05, 4.69) is 60.6 Å². The number of ether oxygens (including phenoxy) is 3. The van der Waals surface area contributed by atoms with Crippen molar-refractivity contribution in [1.82, 2.24) is 0 Å². The molecule has 256 valence electrons. The van der Waals surface area contributed by atoms with Gasteiger partial charge in [-0.3, -0.25) is 9.59 Å². The van der Waals surface area contributed by atoms with E-state index in [-0.39, 0.29) is 29.6 Å². The molecule has 0 fully saturated rings. The van der Waals surface area contributed by atoms with Crippen LogP contribution in [0.25, 0.3) is 0 Å². The zero-order valence-corrected chi connectivity index (χ0v) is 30.1. The minimum absolute atomic E-state index is 0.0630. The van der Waals surface area contributed by atoms with Crippen molar-refractivity contribution in [2.75, 3.05) is 6.79 Å². The van der Waals surface area contributed by atoms with Crippen molar-refractivity contribution in [1.29, 1.82) is 0 Å². The fourth-order valence-electron chi connectivity index (χ4n) is 6.20. The van der Waals surface area contributed by atoms with E-state index in [1.807, 2.05) is 24.3 Å². The maximum atomic E-state index is 13.1. The Labute approximate surface area is 280 Å². The van der Waals surface area contributed by atoms with Crippen molar-refractivity contribution in [3.05, 3.63) is 58.7 Å². The lowest BCUT2D eigenvalue weighted by molar-refractivity contribution is -0.150. The van der Waals surface area contributed by atoms with Crippen LogP contribution in [0, 0.1) is 0 Å². The van der Waals surface area contributed by atoms with Crippen molar-refractivity contribution in [3.63, 3.8) is 0 Å². The second-order valence-electron chi connectivity index (χ2n) is 15.3. The zero-order valence-electron chi connectivity index (χ0n) is 30.1. The molecule has 46 heavy (non-hydrogen) atoms. The Balaban J connectivity index is 1.34. The van der Waals surface area contributed by atoms with Gasteiger partial charge in [0.15, 0.2) is 0 Å². The number of carbonyl (C=O) groups excluding carboxylic acids is 2. The van der Waals surface area contributed by atoms with E-state index in [9.17, 15) is 9.59 Å². The second kappa shape index (κ2) is 18.5. The number of hydrogen-bond acceptors (Lipinski definition) is 5. The molecule has 0 amide bonds. The number of hydrogen-bond donors (Lipinski definition) is 0. The number of esters is 2. The van der Waals surface area contributed by atoms with Gasteiger partial charge in [-0.2, -0.15) is 0 Å². The van der Waals surface area contributed by atoms with Gasteiger partial charge < -0.3 is 14.2 Å². The average molecular weight is 635 g/mol. The predicted molar refractivity (Wildman–Crippen MR) is 189 cm³/mol. The molecule has 0 saturated heterocycles. The van der Waals surface area contributed by atoms with Crippen LogP contribution in [0.2, 0.25) is 0 Å². The Morgan fingerprint density at radius 1 is 0.717 bits per heavy atom. The maximum Gasteiger partial charge on any atom is 0.323 e. The highest BCUT2D eigenvalue weighted by Crippen LogP contribution is 2.47. The number of fused-ring (bicyclic) bond motifs is 1. The molecule has 2 aromatic rings. The normalized spacial score (nSPS) is 14.7. The standard InChI is InChI=1S/C41H62O5/c1-8-9-10-11-12-13-14-15-16-17-18-19-20-21-22-23-36(42)45-30-44-33-26-24-31(25-27-33)37-34-28-32(40(2,3)4)29-35(41(5,6)7)38(34)46-39(37)43/h24-29,37H,8-23,30H2,1-7H3. The summed E-state index contributed by atoms with van der Waals surface area (Å²) in [4.78, 5) is 25.3. The van der Waals surface area contributed by atoms with Crippen LogP contribution in [0.4, 0.5) is 0 Å². The van der Waals surface area contributed by atoms with Crippen molar-refractivity contribution >= 4 is 11.9 Å². The maximum absolute atomic E-state index is 13.1. The monoisotopic (exact) mass is 634 g/mol. The third-order valence-corrected chi connectivity index (χ3v) is 9.18. The highest BCUT2D eigenvalue weighted by Gasteiger charge is 2.39. The quantitative estimate of drug-likeness (QED) is 0.0627. The van der Waals surface area contributed by atoms with E-state index < -0.39 is 5.92 Å². The van der Waals surface area contributed by atoms with Crippen molar-refractivity contribution in [2.24, 2.45) is 0 Å². The van der Waals surface area contributed by atoms with E-state index in [1.165, 1.54) is 89.0 Å². The van der Waals surface area contributed by atoms with Crippen LogP contribution in [-0.4, -0.2) is 18.7 Å². The molecule has 0 aliphatic carbocycles. The summed E-state index contributed by atoms with van der Waals surface area (Å²) in [5.74, 6) is 0.319. The van der Waals surface area contributed by atoms with Gasteiger partial charge in [0, 0.05) is 17.5 Å². The lowest BCUT2D eigenvalue weighted by Crippen LogP contribution is -2.17. The molecule has 0 spiro atoms. The summed E-state index contributed by atoms with van der Waals surface area (Å²) in [6.07, 6.45) is 19.9. The third kappa shape index (κ3) is 12.1. The minimum atomic E-state index is -0.486. The molecular weight excluding hydrogens is 572 g/mol. The highest BCUT2D eigenvalue weighted by atomic mass is 16.7. The first-order valence-electron chi connectivity index (χ1n) is 18.2. The van der Waals surface area contributed by atoms with Gasteiger partial charge in [-0.1, -0.05) is 163 Å². The first-order valence-corrected chi connectivity index (χ1v) is 18.2. The Hall–Kier alpha value is -2.82. The summed E-state index contributed by atoms with van der Waals surface area (Å²) < 4.78 is 16.9.